The van der Waals surface area contributed by atoms with Gasteiger partial charge in [0.25, 0.3) is 0 Å². The van der Waals surface area contributed by atoms with E-state index in [0.29, 0.717) is 17.7 Å². The van der Waals surface area contributed by atoms with Gasteiger partial charge in [-0.2, -0.15) is 0 Å². The van der Waals surface area contributed by atoms with Gasteiger partial charge in [0, 0.05) is 5.56 Å². The molecule has 0 bridgehead atoms. The molecule has 0 unspecified atom stereocenters. The third kappa shape index (κ3) is 1.33. The summed E-state index contributed by atoms with van der Waals surface area (Å²) in [6, 6.07) is 7.71. The number of carbonyl (C=O) groups excluding carboxylic acids is 1. The second kappa shape index (κ2) is 3.46. The van der Waals surface area contributed by atoms with Crippen LogP contribution in [0.1, 0.15) is 16.1 Å². The van der Waals surface area contributed by atoms with E-state index in [4.69, 9.17) is 4.42 Å². The Bertz CT molecular complexity index is 460. The fourth-order valence-corrected chi connectivity index (χ4v) is 1.37. The van der Waals surface area contributed by atoms with Crippen molar-refractivity contribution in [3.05, 3.63) is 41.9 Å². The number of nitrogens with zero attached hydrogens (tertiary/aromatic N) is 1. The molecule has 2 aromatic rings. The van der Waals surface area contributed by atoms with Crippen LogP contribution < -0.4 is 0 Å². The smallest absolute Gasteiger partial charge is 0.182 e. The summed E-state index contributed by atoms with van der Waals surface area (Å²) in [5.41, 5.74) is 2.32. The molecule has 14 heavy (non-hydrogen) atoms. The maximum absolute atomic E-state index is 10.7. The van der Waals surface area contributed by atoms with Crippen LogP contribution in [0.15, 0.2) is 35.1 Å². The zero-order valence-corrected chi connectivity index (χ0v) is 7.73. The molecule has 0 fully saturated rings. The predicted octanol–water partition coefficient (Wildman–Crippen LogP) is 2.46. The van der Waals surface area contributed by atoms with Gasteiger partial charge in [0.15, 0.2) is 18.4 Å². The number of aromatic nitrogens is 1. The minimum absolute atomic E-state index is 0.347. The van der Waals surface area contributed by atoms with Gasteiger partial charge in [-0.3, -0.25) is 4.79 Å². The van der Waals surface area contributed by atoms with Crippen LogP contribution in [0.4, 0.5) is 0 Å². The monoisotopic (exact) mass is 187 g/mol. The molecule has 0 atom stereocenters. The van der Waals surface area contributed by atoms with Gasteiger partial charge in [-0.1, -0.05) is 24.3 Å². The van der Waals surface area contributed by atoms with Gasteiger partial charge in [-0.05, 0) is 12.5 Å². The highest BCUT2D eigenvalue weighted by atomic mass is 16.3. The first-order valence-corrected chi connectivity index (χ1v) is 4.27. The fraction of sp³-hybridized carbons (Fsp3) is 0.0909. The molecule has 70 valence electrons. The summed E-state index contributed by atoms with van der Waals surface area (Å²) in [5.74, 6) is 0.540. The molecule has 3 heteroatoms. The molecule has 0 aliphatic carbocycles. The second-order valence-electron chi connectivity index (χ2n) is 3.00. The van der Waals surface area contributed by atoms with Crippen molar-refractivity contribution in [3.63, 3.8) is 0 Å². The Morgan fingerprint density at radius 1 is 1.36 bits per heavy atom. The van der Waals surface area contributed by atoms with Gasteiger partial charge in [-0.15, -0.1) is 0 Å². The van der Waals surface area contributed by atoms with Crippen molar-refractivity contribution in [2.45, 2.75) is 6.92 Å². The van der Waals surface area contributed by atoms with Gasteiger partial charge < -0.3 is 4.42 Å². The molecule has 2 rings (SSSR count). The van der Waals surface area contributed by atoms with Crippen molar-refractivity contribution >= 4 is 6.29 Å². The van der Waals surface area contributed by atoms with E-state index < -0.39 is 0 Å². The summed E-state index contributed by atoms with van der Waals surface area (Å²) < 4.78 is 5.18. The number of carbonyl (C=O) groups is 1. The van der Waals surface area contributed by atoms with E-state index in [-0.39, 0.29) is 0 Å². The zero-order chi connectivity index (χ0) is 9.97. The van der Waals surface area contributed by atoms with Crippen LogP contribution in [0.3, 0.4) is 0 Å². The normalized spacial score (nSPS) is 10.1. The minimum atomic E-state index is 0.347. The Morgan fingerprint density at radius 2 is 2.14 bits per heavy atom. The summed E-state index contributed by atoms with van der Waals surface area (Å²) >= 11 is 0. The number of benzene rings is 1. The number of oxazole rings is 1. The Morgan fingerprint density at radius 3 is 2.86 bits per heavy atom. The van der Waals surface area contributed by atoms with Crippen molar-refractivity contribution in [2.24, 2.45) is 0 Å². The Labute approximate surface area is 81.4 Å². The molecule has 1 aromatic carbocycles. The number of hydrogen-bond donors (Lipinski definition) is 0. The van der Waals surface area contributed by atoms with Gasteiger partial charge in [0.2, 0.25) is 0 Å². The van der Waals surface area contributed by atoms with Crippen LogP contribution in [0.2, 0.25) is 0 Å². The quantitative estimate of drug-likeness (QED) is 0.678. The highest BCUT2D eigenvalue weighted by Crippen LogP contribution is 2.24. The topological polar surface area (TPSA) is 43.1 Å². The van der Waals surface area contributed by atoms with Crippen LogP contribution in [0, 0.1) is 6.92 Å². The molecule has 0 amide bonds. The summed E-state index contributed by atoms with van der Waals surface area (Å²) in [6.45, 7) is 1.96. The fourth-order valence-electron chi connectivity index (χ4n) is 1.37. The third-order valence-corrected chi connectivity index (χ3v) is 2.10. The molecule has 0 aliphatic rings. The van der Waals surface area contributed by atoms with Gasteiger partial charge in [-0.25, -0.2) is 4.98 Å². The number of aldehydes is 1. The van der Waals surface area contributed by atoms with E-state index in [0.717, 1.165) is 11.1 Å². The Balaban J connectivity index is 2.60. The molecule has 3 nitrogen and oxygen atoms in total. The lowest BCUT2D eigenvalue weighted by Crippen LogP contribution is -1.86. The minimum Gasteiger partial charge on any atom is -0.443 e. The largest absolute Gasteiger partial charge is 0.443 e. The van der Waals surface area contributed by atoms with Crippen LogP contribution in [0.25, 0.3) is 11.3 Å². The van der Waals surface area contributed by atoms with E-state index in [2.05, 4.69) is 4.98 Å². The number of rotatable bonds is 2. The van der Waals surface area contributed by atoms with E-state index >= 15 is 0 Å². The van der Waals surface area contributed by atoms with Gasteiger partial charge >= 0.3 is 0 Å². The maximum atomic E-state index is 10.7. The average molecular weight is 187 g/mol. The molecule has 1 aromatic heterocycles. The van der Waals surface area contributed by atoms with Gasteiger partial charge in [0.1, 0.15) is 5.69 Å². The standard InChI is InChI=1S/C11H9NO2/c1-8-4-2-3-5-9(8)11-10(6-13)12-7-14-11/h2-7H,1H3. The van der Waals surface area contributed by atoms with Crippen molar-refractivity contribution < 1.29 is 9.21 Å². The molecule has 0 aliphatic heterocycles. The molecule has 0 saturated heterocycles. The molecule has 0 saturated carbocycles. The number of hydrogen-bond acceptors (Lipinski definition) is 3. The Hall–Kier alpha value is -1.90. The Kier molecular flexibility index (Phi) is 2.14. The van der Waals surface area contributed by atoms with Crippen LogP contribution in [-0.2, 0) is 0 Å². The summed E-state index contributed by atoms with van der Waals surface area (Å²) in [7, 11) is 0. The van der Waals surface area contributed by atoms with Crippen LogP contribution in [-0.4, -0.2) is 11.3 Å². The van der Waals surface area contributed by atoms with E-state index in [9.17, 15) is 4.79 Å². The SMILES string of the molecule is Cc1ccccc1-c1ocnc1C=O. The zero-order valence-electron chi connectivity index (χ0n) is 7.73. The van der Waals surface area contributed by atoms with Crippen LogP contribution >= 0.6 is 0 Å². The van der Waals surface area contributed by atoms with E-state index in [1.54, 1.807) is 0 Å². The average Bonchev–Trinajstić information content (AvgIpc) is 2.66. The number of aryl methyl sites for hydroxylation is 1. The molecule has 1 heterocycles. The van der Waals surface area contributed by atoms with E-state index in [1.807, 2.05) is 31.2 Å². The van der Waals surface area contributed by atoms with Crippen molar-refractivity contribution in [3.8, 4) is 11.3 Å². The lowest BCUT2D eigenvalue weighted by Gasteiger charge is -2.00. The molecule has 0 N–H and O–H groups in total. The summed E-state index contributed by atoms with van der Waals surface area (Å²) in [5, 5.41) is 0. The highest BCUT2D eigenvalue weighted by molar-refractivity contribution is 5.83. The molecular weight excluding hydrogens is 178 g/mol. The lowest BCUT2D eigenvalue weighted by atomic mass is 10.1. The van der Waals surface area contributed by atoms with Crippen molar-refractivity contribution in [1.82, 2.24) is 4.98 Å². The molecule has 0 spiro atoms. The first-order chi connectivity index (χ1) is 6.83. The predicted molar refractivity (Wildman–Crippen MR) is 52.1 cm³/mol. The molecule has 0 radical (unpaired) electrons. The summed E-state index contributed by atoms with van der Waals surface area (Å²) in [4.78, 5) is 14.5. The molecular formula is C11H9NO2. The van der Waals surface area contributed by atoms with Crippen molar-refractivity contribution in [1.29, 1.82) is 0 Å². The highest BCUT2D eigenvalue weighted by Gasteiger charge is 2.10. The third-order valence-electron chi connectivity index (χ3n) is 2.10. The van der Waals surface area contributed by atoms with Gasteiger partial charge in [0.05, 0.1) is 0 Å². The van der Waals surface area contributed by atoms with E-state index in [1.165, 1.54) is 6.39 Å². The summed E-state index contributed by atoms with van der Waals surface area (Å²) in [6.07, 6.45) is 1.98. The first-order valence-electron chi connectivity index (χ1n) is 4.27. The van der Waals surface area contributed by atoms with Crippen LogP contribution in [0.5, 0.6) is 0 Å². The second-order valence-corrected chi connectivity index (χ2v) is 3.00. The van der Waals surface area contributed by atoms with Crippen molar-refractivity contribution in [2.75, 3.05) is 0 Å². The first kappa shape index (κ1) is 8.69. The lowest BCUT2D eigenvalue weighted by molar-refractivity contribution is 0.112. The maximum Gasteiger partial charge on any atom is 0.182 e.